The summed E-state index contributed by atoms with van der Waals surface area (Å²) in [6.45, 7) is 0. The average Bonchev–Trinajstić information content (AvgIpc) is 1.91. The molecule has 1 atom stereocenters. The van der Waals surface area contributed by atoms with Gasteiger partial charge in [0.05, 0.1) is 0 Å². The van der Waals surface area contributed by atoms with Gasteiger partial charge in [-0.15, -0.1) is 0 Å². The van der Waals surface area contributed by atoms with Crippen LogP contribution in [0.15, 0.2) is 30.3 Å². The van der Waals surface area contributed by atoms with Gasteiger partial charge in [0.25, 0.3) is 0 Å². The minimum atomic E-state index is -0.715. The summed E-state index contributed by atoms with van der Waals surface area (Å²) in [6.07, 6.45) is 0. The van der Waals surface area contributed by atoms with E-state index >= 15 is 0 Å². The summed E-state index contributed by atoms with van der Waals surface area (Å²) < 4.78 is 14.6. The molecule has 0 heterocycles. The van der Waals surface area contributed by atoms with Crippen molar-refractivity contribution in [2.75, 3.05) is 0 Å². The van der Waals surface area contributed by atoms with Crippen LogP contribution in [0, 0.1) is 0 Å². The second-order valence-electron chi connectivity index (χ2n) is 1.50. The molecule has 0 N–H and O–H groups in total. The molecule has 2 radical (unpaired) electrons. The van der Waals surface area contributed by atoms with Crippen molar-refractivity contribution in [2.24, 2.45) is 0 Å². The Hall–Kier alpha value is 0.380. The molecule has 0 aromatic heterocycles. The standard InChI is InChI=1S/C6H6O2P.Ca/c7-9-8-6-4-2-1-3-5-6;/h1-5,9H;/q+1;. The van der Waals surface area contributed by atoms with Gasteiger partial charge < -0.3 is 0 Å². The zero-order chi connectivity index (χ0) is 6.53. The van der Waals surface area contributed by atoms with E-state index in [1.54, 1.807) is 12.1 Å². The molecule has 0 bridgehead atoms. The molecule has 4 heteroatoms. The molecule has 0 spiro atoms. The van der Waals surface area contributed by atoms with Gasteiger partial charge in [0, 0.05) is 37.7 Å². The molecule has 0 fully saturated rings. The Labute approximate surface area is 90.9 Å². The summed E-state index contributed by atoms with van der Waals surface area (Å²) >= 11 is 0. The molecule has 0 aliphatic heterocycles. The van der Waals surface area contributed by atoms with E-state index in [1.807, 2.05) is 18.2 Å². The third-order valence-corrected chi connectivity index (χ3v) is 1.22. The third kappa shape index (κ3) is 3.52. The predicted molar refractivity (Wildman–Crippen MR) is 41.8 cm³/mol. The summed E-state index contributed by atoms with van der Waals surface area (Å²) in [5, 5.41) is 0. The maximum Gasteiger partial charge on any atom is 0.542 e. The summed E-state index contributed by atoms with van der Waals surface area (Å²) in [5.74, 6) is 0.644. The van der Waals surface area contributed by atoms with Gasteiger partial charge in [-0.05, 0) is 16.7 Å². The van der Waals surface area contributed by atoms with E-state index < -0.39 is 8.69 Å². The Kier molecular flexibility index (Phi) is 6.35. The summed E-state index contributed by atoms with van der Waals surface area (Å²) in [4.78, 5) is 0. The van der Waals surface area contributed by atoms with Gasteiger partial charge in [0.15, 0.2) is 5.75 Å². The first-order valence-corrected chi connectivity index (χ1v) is 3.34. The first kappa shape index (κ1) is 10.4. The average molecular weight is 181 g/mol. The molecule has 1 unspecified atom stereocenters. The summed E-state index contributed by atoms with van der Waals surface area (Å²) in [6, 6.07) is 9.04. The van der Waals surface area contributed by atoms with Crippen LogP contribution < -0.4 is 4.52 Å². The Morgan fingerprint density at radius 1 is 1.20 bits per heavy atom. The molecule has 0 saturated carbocycles. The molecule has 2 nitrogen and oxygen atoms in total. The quantitative estimate of drug-likeness (QED) is 0.512. The second-order valence-corrected chi connectivity index (χ2v) is 1.87. The van der Waals surface area contributed by atoms with Crippen LogP contribution in [0.3, 0.4) is 0 Å². The molecule has 1 aromatic carbocycles. The van der Waals surface area contributed by atoms with Crippen LogP contribution in [-0.2, 0) is 4.57 Å². The van der Waals surface area contributed by atoms with Gasteiger partial charge in [-0.3, -0.25) is 4.52 Å². The first-order chi connectivity index (χ1) is 4.43. The number of hydrogen-bond acceptors (Lipinski definition) is 2. The van der Waals surface area contributed by atoms with Crippen molar-refractivity contribution in [3.8, 4) is 5.75 Å². The maximum atomic E-state index is 9.90. The number of benzene rings is 1. The topological polar surface area (TPSA) is 26.3 Å². The fourth-order valence-electron chi connectivity index (χ4n) is 0.537. The predicted octanol–water partition coefficient (Wildman–Crippen LogP) is 1.62. The molecule has 1 rings (SSSR count). The second kappa shape index (κ2) is 6.11. The van der Waals surface area contributed by atoms with Crippen molar-refractivity contribution in [1.29, 1.82) is 0 Å². The van der Waals surface area contributed by atoms with E-state index in [0.717, 1.165) is 0 Å². The van der Waals surface area contributed by atoms with E-state index in [2.05, 4.69) is 4.52 Å². The molecule has 0 aliphatic carbocycles. The van der Waals surface area contributed by atoms with Gasteiger partial charge in [-0.1, -0.05) is 18.2 Å². The molecule has 0 aliphatic rings. The largest absolute Gasteiger partial charge is 0.542 e. The molecular weight excluding hydrogens is 175 g/mol. The Morgan fingerprint density at radius 3 is 2.30 bits per heavy atom. The molecule has 1 aromatic rings. The Balaban J connectivity index is 0.000000810. The van der Waals surface area contributed by atoms with Gasteiger partial charge in [-0.2, -0.15) is 0 Å². The molecule has 0 saturated heterocycles. The van der Waals surface area contributed by atoms with Gasteiger partial charge in [0.1, 0.15) is 0 Å². The molecule has 0 amide bonds. The van der Waals surface area contributed by atoms with Crippen molar-refractivity contribution >= 4 is 46.4 Å². The normalized spacial score (nSPS) is 8.40. The van der Waals surface area contributed by atoms with Crippen LogP contribution in [-0.4, -0.2) is 37.7 Å². The fourth-order valence-corrected chi connectivity index (χ4v) is 0.769. The van der Waals surface area contributed by atoms with Gasteiger partial charge >= 0.3 is 8.69 Å². The molecular formula is C6H6CaO2P+. The number of para-hydroxylation sites is 1. The van der Waals surface area contributed by atoms with Gasteiger partial charge in [0.2, 0.25) is 0 Å². The SMILES string of the molecule is O=[PH+]Oc1ccccc1.[Ca]. The third-order valence-electron chi connectivity index (χ3n) is 0.903. The van der Waals surface area contributed by atoms with Crippen LogP contribution >= 0.6 is 8.69 Å². The van der Waals surface area contributed by atoms with Crippen molar-refractivity contribution in [2.45, 2.75) is 0 Å². The zero-order valence-corrected chi connectivity index (χ0v) is 8.62. The van der Waals surface area contributed by atoms with Crippen LogP contribution in [0.25, 0.3) is 0 Å². The molecule has 48 valence electrons. The Morgan fingerprint density at radius 2 is 1.80 bits per heavy atom. The number of rotatable bonds is 2. The van der Waals surface area contributed by atoms with E-state index in [1.165, 1.54) is 0 Å². The van der Waals surface area contributed by atoms with Crippen molar-refractivity contribution < 1.29 is 9.09 Å². The van der Waals surface area contributed by atoms with E-state index in [0.29, 0.717) is 5.75 Å². The van der Waals surface area contributed by atoms with E-state index in [9.17, 15) is 4.57 Å². The van der Waals surface area contributed by atoms with Crippen molar-refractivity contribution in [1.82, 2.24) is 0 Å². The van der Waals surface area contributed by atoms with Crippen molar-refractivity contribution in [3.63, 3.8) is 0 Å². The van der Waals surface area contributed by atoms with Gasteiger partial charge in [-0.25, -0.2) is 0 Å². The Bertz CT molecular complexity index is 190. The number of hydrogen-bond donors (Lipinski definition) is 0. The first-order valence-electron chi connectivity index (χ1n) is 2.52. The van der Waals surface area contributed by atoms with Crippen molar-refractivity contribution in [3.05, 3.63) is 30.3 Å². The minimum Gasteiger partial charge on any atom is -0.256 e. The van der Waals surface area contributed by atoms with Crippen LogP contribution in [0.2, 0.25) is 0 Å². The summed E-state index contributed by atoms with van der Waals surface area (Å²) in [7, 11) is -0.715. The summed E-state index contributed by atoms with van der Waals surface area (Å²) in [5.41, 5.74) is 0. The van der Waals surface area contributed by atoms with Crippen LogP contribution in [0.1, 0.15) is 0 Å². The van der Waals surface area contributed by atoms with E-state index in [4.69, 9.17) is 0 Å². The zero-order valence-electron chi connectivity index (χ0n) is 5.41. The maximum absolute atomic E-state index is 9.90. The molecule has 10 heavy (non-hydrogen) atoms. The smallest absolute Gasteiger partial charge is 0.256 e. The minimum absolute atomic E-state index is 0. The monoisotopic (exact) mass is 181 g/mol. The van der Waals surface area contributed by atoms with E-state index in [-0.39, 0.29) is 37.7 Å². The fraction of sp³-hybridized carbons (Fsp3) is 0. The van der Waals surface area contributed by atoms with Crippen LogP contribution in [0.5, 0.6) is 5.75 Å². The van der Waals surface area contributed by atoms with Crippen LogP contribution in [0.4, 0.5) is 0 Å².